The molecule has 1 aliphatic rings. The van der Waals surface area contributed by atoms with Crippen LogP contribution in [0.3, 0.4) is 0 Å². The summed E-state index contributed by atoms with van der Waals surface area (Å²) in [5, 5.41) is 0.496. The van der Waals surface area contributed by atoms with Crippen molar-refractivity contribution in [3.05, 3.63) is 52.6 Å². The van der Waals surface area contributed by atoms with E-state index in [1.54, 1.807) is 13.8 Å². The topological polar surface area (TPSA) is 61.8 Å². The van der Waals surface area contributed by atoms with Crippen LogP contribution >= 0.6 is 7.60 Å². The average molecular weight is 364 g/mol. The first kappa shape index (κ1) is 19.8. The highest BCUT2D eigenvalue weighted by molar-refractivity contribution is 7.65. The molecule has 136 valence electrons. The lowest BCUT2D eigenvalue weighted by Gasteiger charge is -2.23. The Morgan fingerprint density at radius 3 is 2.12 bits per heavy atom. The minimum atomic E-state index is -3.54. The SMILES string of the molecule is CCOP(=O)(OCC)/C(=C(\C)C1=C(C(C)=O)COC1)c1ccccc1. The molecular formula is C19H25O5P. The summed E-state index contributed by atoms with van der Waals surface area (Å²) in [7, 11) is -3.54. The third-order valence-corrected chi connectivity index (χ3v) is 6.35. The molecule has 5 nitrogen and oxygen atoms in total. The van der Waals surface area contributed by atoms with Crippen molar-refractivity contribution in [2.75, 3.05) is 26.4 Å². The molecule has 0 unspecified atom stereocenters. The van der Waals surface area contributed by atoms with Crippen LogP contribution in [0.15, 0.2) is 47.1 Å². The molecule has 1 heterocycles. The van der Waals surface area contributed by atoms with E-state index in [0.29, 0.717) is 17.5 Å². The Balaban J connectivity index is 2.73. The molecule has 0 aliphatic carbocycles. The highest BCUT2D eigenvalue weighted by Crippen LogP contribution is 2.62. The zero-order valence-electron chi connectivity index (χ0n) is 15.2. The predicted molar refractivity (Wildman–Crippen MR) is 98.4 cm³/mol. The number of hydrogen-bond acceptors (Lipinski definition) is 5. The largest absolute Gasteiger partial charge is 0.372 e. The van der Waals surface area contributed by atoms with Crippen LogP contribution in [0, 0.1) is 0 Å². The van der Waals surface area contributed by atoms with E-state index in [2.05, 4.69) is 0 Å². The van der Waals surface area contributed by atoms with E-state index >= 15 is 0 Å². The third-order valence-electron chi connectivity index (χ3n) is 4.01. The number of rotatable bonds is 8. The van der Waals surface area contributed by atoms with Gasteiger partial charge in [0.2, 0.25) is 0 Å². The number of carbonyl (C=O) groups excluding carboxylic acids is 1. The maximum Gasteiger partial charge on any atom is 0.362 e. The molecule has 0 fully saturated rings. The van der Waals surface area contributed by atoms with Crippen molar-refractivity contribution in [1.29, 1.82) is 0 Å². The number of Topliss-reactive ketones (excluding diaryl/α,β-unsaturated/α-hetero) is 1. The zero-order valence-corrected chi connectivity index (χ0v) is 16.1. The molecule has 0 spiro atoms. The van der Waals surface area contributed by atoms with Gasteiger partial charge in [-0.1, -0.05) is 30.3 Å². The Kier molecular flexibility index (Phi) is 6.91. The first-order valence-corrected chi connectivity index (χ1v) is 9.95. The molecule has 1 aromatic rings. The maximum absolute atomic E-state index is 13.5. The van der Waals surface area contributed by atoms with Gasteiger partial charge in [0.15, 0.2) is 5.78 Å². The lowest BCUT2D eigenvalue weighted by Crippen LogP contribution is -2.05. The Hall–Kier alpha value is -1.52. The van der Waals surface area contributed by atoms with Gasteiger partial charge in [0.1, 0.15) is 0 Å². The summed E-state index contributed by atoms with van der Waals surface area (Å²) >= 11 is 0. The molecular weight excluding hydrogens is 339 g/mol. The Labute approximate surface area is 149 Å². The van der Waals surface area contributed by atoms with Crippen molar-refractivity contribution >= 4 is 18.7 Å². The predicted octanol–water partition coefficient (Wildman–Crippen LogP) is 4.60. The number of ketones is 1. The second-order valence-electron chi connectivity index (χ2n) is 5.68. The van der Waals surface area contributed by atoms with Gasteiger partial charge in [-0.05, 0) is 44.4 Å². The van der Waals surface area contributed by atoms with Gasteiger partial charge in [0, 0.05) is 5.57 Å². The fraction of sp³-hybridized carbons (Fsp3) is 0.421. The van der Waals surface area contributed by atoms with Gasteiger partial charge in [0.05, 0.1) is 31.7 Å². The molecule has 2 rings (SSSR count). The Morgan fingerprint density at radius 2 is 1.60 bits per heavy atom. The summed E-state index contributed by atoms with van der Waals surface area (Å²) in [6.07, 6.45) is 0. The Bertz CT molecular complexity index is 723. The molecule has 0 saturated carbocycles. The zero-order chi connectivity index (χ0) is 18.4. The first-order chi connectivity index (χ1) is 11.9. The number of benzene rings is 1. The summed E-state index contributed by atoms with van der Waals surface area (Å²) in [5.41, 5.74) is 2.86. The fourth-order valence-electron chi connectivity index (χ4n) is 2.90. The van der Waals surface area contributed by atoms with Crippen LogP contribution in [-0.2, 0) is 23.1 Å². The smallest absolute Gasteiger partial charge is 0.362 e. The van der Waals surface area contributed by atoms with Crippen molar-refractivity contribution in [1.82, 2.24) is 0 Å². The van der Waals surface area contributed by atoms with Crippen LogP contribution < -0.4 is 0 Å². The monoisotopic (exact) mass is 364 g/mol. The quantitative estimate of drug-likeness (QED) is 0.631. The molecule has 6 heteroatoms. The highest BCUT2D eigenvalue weighted by atomic mass is 31.2. The minimum absolute atomic E-state index is 0.0399. The fourth-order valence-corrected chi connectivity index (χ4v) is 4.93. The highest BCUT2D eigenvalue weighted by Gasteiger charge is 2.35. The molecule has 25 heavy (non-hydrogen) atoms. The summed E-state index contributed by atoms with van der Waals surface area (Å²) in [4.78, 5) is 11.9. The molecule has 0 aromatic heterocycles. The summed E-state index contributed by atoms with van der Waals surface area (Å²) in [6.45, 7) is 8.04. The van der Waals surface area contributed by atoms with Crippen LogP contribution in [0.1, 0.15) is 33.3 Å². The van der Waals surface area contributed by atoms with Crippen LogP contribution in [0.5, 0.6) is 0 Å². The van der Waals surface area contributed by atoms with Gasteiger partial charge in [0.25, 0.3) is 0 Å². The summed E-state index contributed by atoms with van der Waals surface area (Å²) in [6, 6.07) is 9.37. The van der Waals surface area contributed by atoms with Crippen LogP contribution in [0.4, 0.5) is 0 Å². The van der Waals surface area contributed by atoms with Gasteiger partial charge in [-0.25, -0.2) is 0 Å². The van der Waals surface area contributed by atoms with Crippen molar-refractivity contribution in [2.45, 2.75) is 27.7 Å². The Morgan fingerprint density at radius 1 is 1.04 bits per heavy atom. The lowest BCUT2D eigenvalue weighted by atomic mass is 9.99. The summed E-state index contributed by atoms with van der Waals surface area (Å²) < 4.78 is 30.2. The minimum Gasteiger partial charge on any atom is -0.372 e. The summed E-state index contributed by atoms with van der Waals surface area (Å²) in [5.74, 6) is -0.0399. The van der Waals surface area contributed by atoms with Gasteiger partial charge >= 0.3 is 7.60 Å². The van der Waals surface area contributed by atoms with Crippen LogP contribution in [0.2, 0.25) is 0 Å². The maximum atomic E-state index is 13.5. The second-order valence-corrected chi connectivity index (χ2v) is 7.64. The van der Waals surface area contributed by atoms with Crippen molar-refractivity contribution in [3.8, 4) is 0 Å². The number of hydrogen-bond donors (Lipinski definition) is 0. The van der Waals surface area contributed by atoms with E-state index in [9.17, 15) is 9.36 Å². The van der Waals surface area contributed by atoms with Gasteiger partial charge in [-0.3, -0.25) is 9.36 Å². The third kappa shape index (κ3) is 4.36. The second kappa shape index (κ2) is 8.72. The molecule has 0 saturated heterocycles. The van der Waals surface area contributed by atoms with E-state index < -0.39 is 7.60 Å². The van der Waals surface area contributed by atoms with Gasteiger partial charge in [-0.2, -0.15) is 0 Å². The normalized spacial score (nSPS) is 16.2. The standard InChI is InChI=1S/C19H25O5P/c1-5-23-25(21,24-6-2)19(16-10-8-7-9-11-16)14(3)17-12-22-13-18(17)15(4)20/h7-11H,5-6,12-13H2,1-4H3/b19-14+. The molecule has 0 N–H and O–H groups in total. The molecule has 0 atom stereocenters. The molecule has 0 bridgehead atoms. The van der Waals surface area contributed by atoms with Crippen molar-refractivity contribution < 1.29 is 23.1 Å². The van der Waals surface area contributed by atoms with Crippen LogP contribution in [0.25, 0.3) is 5.31 Å². The first-order valence-electron chi connectivity index (χ1n) is 8.41. The molecule has 1 aliphatic heterocycles. The molecule has 1 aromatic carbocycles. The van der Waals surface area contributed by atoms with E-state index in [-0.39, 0.29) is 25.6 Å². The molecule has 0 radical (unpaired) electrons. The number of ether oxygens (including phenoxy) is 1. The van der Waals surface area contributed by atoms with E-state index in [4.69, 9.17) is 13.8 Å². The van der Waals surface area contributed by atoms with Gasteiger partial charge < -0.3 is 13.8 Å². The van der Waals surface area contributed by atoms with Crippen LogP contribution in [-0.4, -0.2) is 32.2 Å². The van der Waals surface area contributed by atoms with Crippen molar-refractivity contribution in [2.24, 2.45) is 0 Å². The number of carbonyl (C=O) groups is 1. The van der Waals surface area contributed by atoms with E-state index in [0.717, 1.165) is 16.7 Å². The van der Waals surface area contributed by atoms with Gasteiger partial charge in [-0.15, -0.1) is 0 Å². The van der Waals surface area contributed by atoms with Crippen molar-refractivity contribution in [3.63, 3.8) is 0 Å². The average Bonchev–Trinajstić information content (AvgIpc) is 3.06. The van der Waals surface area contributed by atoms with E-state index in [1.165, 1.54) is 6.92 Å². The lowest BCUT2D eigenvalue weighted by molar-refractivity contribution is -0.113. The molecule has 0 amide bonds. The van der Waals surface area contributed by atoms with E-state index in [1.807, 2.05) is 37.3 Å².